The third kappa shape index (κ3) is 4.19. The van der Waals surface area contributed by atoms with Crippen LogP contribution in [-0.2, 0) is 18.7 Å². The fourth-order valence-electron chi connectivity index (χ4n) is 2.77. The van der Waals surface area contributed by atoms with Gasteiger partial charge >= 0.3 is 0 Å². The quantitative estimate of drug-likeness (QED) is 0.557. The van der Waals surface area contributed by atoms with E-state index in [2.05, 4.69) is 46.0 Å². The first-order valence-electron chi connectivity index (χ1n) is 8.54. The minimum absolute atomic E-state index is 0.701. The maximum absolute atomic E-state index is 5.39. The highest BCUT2D eigenvalue weighted by Gasteiger charge is 2.13. The van der Waals surface area contributed by atoms with E-state index in [4.69, 9.17) is 9.47 Å². The highest BCUT2D eigenvalue weighted by atomic mass is 32.2. The summed E-state index contributed by atoms with van der Waals surface area (Å²) in [6.45, 7) is 2.96. The summed E-state index contributed by atoms with van der Waals surface area (Å²) >= 11 is 1.71. The van der Waals surface area contributed by atoms with Crippen LogP contribution in [-0.4, -0.2) is 29.0 Å². The molecule has 0 spiro atoms. The number of ether oxygens (including phenoxy) is 2. The van der Waals surface area contributed by atoms with Crippen LogP contribution in [0.1, 0.15) is 23.9 Å². The van der Waals surface area contributed by atoms with Crippen molar-refractivity contribution in [3.63, 3.8) is 0 Å². The molecule has 0 radical (unpaired) electrons. The number of thioether (sulfide) groups is 1. The highest BCUT2D eigenvalue weighted by Crippen LogP contribution is 2.29. The molecule has 5 nitrogen and oxygen atoms in total. The Morgan fingerprint density at radius 2 is 1.69 bits per heavy atom. The minimum atomic E-state index is 0.701. The van der Waals surface area contributed by atoms with Gasteiger partial charge in [0.1, 0.15) is 5.82 Å². The molecule has 2 aromatic carbocycles. The van der Waals surface area contributed by atoms with Crippen LogP contribution in [0.2, 0.25) is 0 Å². The van der Waals surface area contributed by atoms with Crippen molar-refractivity contribution < 1.29 is 9.47 Å². The second kappa shape index (κ2) is 8.76. The molecule has 0 aliphatic carbocycles. The van der Waals surface area contributed by atoms with Gasteiger partial charge in [0.15, 0.2) is 16.7 Å². The summed E-state index contributed by atoms with van der Waals surface area (Å²) in [5.41, 5.74) is 2.40. The van der Waals surface area contributed by atoms with Gasteiger partial charge in [-0.2, -0.15) is 0 Å². The lowest BCUT2D eigenvalue weighted by molar-refractivity contribution is 0.354. The molecule has 1 heterocycles. The lowest BCUT2D eigenvalue weighted by atomic mass is 10.1. The van der Waals surface area contributed by atoms with Gasteiger partial charge in [0.05, 0.1) is 14.2 Å². The summed E-state index contributed by atoms with van der Waals surface area (Å²) < 4.78 is 12.9. The Labute approximate surface area is 158 Å². The molecule has 0 aliphatic heterocycles. The van der Waals surface area contributed by atoms with Gasteiger partial charge in [-0.3, -0.25) is 0 Å². The zero-order valence-corrected chi connectivity index (χ0v) is 16.1. The standard InChI is InChI=1S/C20H23N3O2S/c1-4-23-19(13-16-10-11-17(24-2)18(12-16)25-3)21-22-20(23)26-14-15-8-6-5-7-9-15/h5-12H,4,13-14H2,1-3H3. The Morgan fingerprint density at radius 3 is 2.38 bits per heavy atom. The summed E-state index contributed by atoms with van der Waals surface area (Å²) in [6, 6.07) is 16.4. The van der Waals surface area contributed by atoms with Gasteiger partial charge in [0.25, 0.3) is 0 Å². The number of benzene rings is 2. The van der Waals surface area contributed by atoms with Crippen molar-refractivity contribution in [1.82, 2.24) is 14.8 Å². The maximum atomic E-state index is 5.39. The number of nitrogens with zero attached hydrogens (tertiary/aromatic N) is 3. The largest absolute Gasteiger partial charge is 0.493 e. The molecular weight excluding hydrogens is 346 g/mol. The average Bonchev–Trinajstić information content (AvgIpc) is 3.08. The molecule has 0 N–H and O–H groups in total. The molecule has 0 saturated heterocycles. The van der Waals surface area contributed by atoms with Crippen molar-refractivity contribution in [2.75, 3.05) is 14.2 Å². The smallest absolute Gasteiger partial charge is 0.191 e. The zero-order valence-electron chi connectivity index (χ0n) is 15.3. The van der Waals surface area contributed by atoms with Crippen LogP contribution in [0, 0.1) is 0 Å². The van der Waals surface area contributed by atoms with E-state index in [1.807, 2.05) is 24.3 Å². The molecular formula is C20H23N3O2S. The molecule has 6 heteroatoms. The summed E-state index contributed by atoms with van der Waals surface area (Å²) in [4.78, 5) is 0. The van der Waals surface area contributed by atoms with Crippen molar-refractivity contribution in [1.29, 1.82) is 0 Å². The number of methoxy groups -OCH3 is 2. The Kier molecular flexibility index (Phi) is 6.17. The molecule has 0 saturated carbocycles. The normalized spacial score (nSPS) is 10.7. The van der Waals surface area contributed by atoms with E-state index >= 15 is 0 Å². The molecule has 0 amide bonds. The average molecular weight is 369 g/mol. The Balaban J connectivity index is 1.75. The predicted octanol–water partition coefficient (Wildman–Crippen LogP) is 4.20. The van der Waals surface area contributed by atoms with Crippen molar-refractivity contribution in [2.45, 2.75) is 30.8 Å². The van der Waals surface area contributed by atoms with Crippen LogP contribution in [0.4, 0.5) is 0 Å². The summed E-state index contributed by atoms with van der Waals surface area (Å²) in [6.07, 6.45) is 0.701. The number of hydrogen-bond donors (Lipinski definition) is 0. The van der Waals surface area contributed by atoms with Crippen LogP contribution in [0.15, 0.2) is 53.7 Å². The van der Waals surface area contributed by atoms with Gasteiger partial charge < -0.3 is 14.0 Å². The Hall–Kier alpha value is -2.47. The van der Waals surface area contributed by atoms with E-state index in [0.717, 1.165) is 40.3 Å². The lowest BCUT2D eigenvalue weighted by Crippen LogP contribution is -2.04. The number of rotatable bonds is 8. The lowest BCUT2D eigenvalue weighted by Gasteiger charge is -2.10. The molecule has 26 heavy (non-hydrogen) atoms. The second-order valence-electron chi connectivity index (χ2n) is 5.78. The molecule has 3 aromatic rings. The highest BCUT2D eigenvalue weighted by molar-refractivity contribution is 7.98. The third-order valence-electron chi connectivity index (χ3n) is 4.13. The topological polar surface area (TPSA) is 49.2 Å². The van der Waals surface area contributed by atoms with E-state index in [-0.39, 0.29) is 0 Å². The summed E-state index contributed by atoms with van der Waals surface area (Å²) in [7, 11) is 3.29. The fraction of sp³-hybridized carbons (Fsp3) is 0.300. The van der Waals surface area contributed by atoms with E-state index in [9.17, 15) is 0 Å². The van der Waals surface area contributed by atoms with E-state index in [1.165, 1.54) is 5.56 Å². The molecule has 0 aliphatic rings. The molecule has 0 unspecified atom stereocenters. The van der Waals surface area contributed by atoms with Crippen molar-refractivity contribution in [3.05, 3.63) is 65.5 Å². The first kappa shape index (κ1) is 18.3. The molecule has 0 bridgehead atoms. The van der Waals surface area contributed by atoms with Gasteiger partial charge in [-0.15, -0.1) is 10.2 Å². The van der Waals surface area contributed by atoms with Crippen LogP contribution >= 0.6 is 11.8 Å². The van der Waals surface area contributed by atoms with Crippen LogP contribution < -0.4 is 9.47 Å². The third-order valence-corrected chi connectivity index (χ3v) is 5.17. The Morgan fingerprint density at radius 1 is 0.923 bits per heavy atom. The van der Waals surface area contributed by atoms with Gasteiger partial charge in [-0.05, 0) is 30.2 Å². The van der Waals surface area contributed by atoms with Gasteiger partial charge in [-0.1, -0.05) is 48.2 Å². The van der Waals surface area contributed by atoms with Crippen molar-refractivity contribution in [3.8, 4) is 11.5 Å². The first-order chi connectivity index (χ1) is 12.7. The molecule has 3 rings (SSSR count). The maximum Gasteiger partial charge on any atom is 0.191 e. The SMILES string of the molecule is CCn1c(Cc2ccc(OC)c(OC)c2)nnc1SCc1ccccc1. The zero-order chi connectivity index (χ0) is 18.4. The predicted molar refractivity (Wildman–Crippen MR) is 104 cm³/mol. The van der Waals surface area contributed by atoms with Crippen LogP contribution in [0.5, 0.6) is 11.5 Å². The minimum Gasteiger partial charge on any atom is -0.493 e. The van der Waals surface area contributed by atoms with Gasteiger partial charge in [0, 0.05) is 18.7 Å². The number of hydrogen-bond acceptors (Lipinski definition) is 5. The summed E-state index contributed by atoms with van der Waals surface area (Å²) in [5.74, 6) is 3.30. The monoisotopic (exact) mass is 369 g/mol. The van der Waals surface area contributed by atoms with E-state index in [0.29, 0.717) is 6.42 Å². The van der Waals surface area contributed by atoms with E-state index in [1.54, 1.807) is 26.0 Å². The first-order valence-corrected chi connectivity index (χ1v) is 9.53. The fourth-order valence-corrected chi connectivity index (χ4v) is 3.75. The van der Waals surface area contributed by atoms with E-state index < -0.39 is 0 Å². The van der Waals surface area contributed by atoms with Crippen LogP contribution in [0.25, 0.3) is 0 Å². The van der Waals surface area contributed by atoms with Crippen molar-refractivity contribution >= 4 is 11.8 Å². The Bertz CT molecular complexity index is 850. The van der Waals surface area contributed by atoms with Gasteiger partial charge in [0.2, 0.25) is 0 Å². The molecule has 0 fully saturated rings. The second-order valence-corrected chi connectivity index (χ2v) is 6.73. The summed E-state index contributed by atoms with van der Waals surface area (Å²) in [5, 5.41) is 9.76. The van der Waals surface area contributed by atoms with Crippen molar-refractivity contribution in [2.24, 2.45) is 0 Å². The molecule has 136 valence electrons. The van der Waals surface area contributed by atoms with Gasteiger partial charge in [-0.25, -0.2) is 0 Å². The molecule has 1 aromatic heterocycles. The molecule has 0 atom stereocenters. The number of aromatic nitrogens is 3. The van der Waals surface area contributed by atoms with Crippen LogP contribution in [0.3, 0.4) is 0 Å².